The van der Waals surface area contributed by atoms with Gasteiger partial charge in [0.1, 0.15) is 0 Å². The fourth-order valence-electron chi connectivity index (χ4n) is 0.270. The van der Waals surface area contributed by atoms with E-state index in [1.165, 1.54) is 0 Å². The monoisotopic (exact) mass is 209 g/mol. The van der Waals surface area contributed by atoms with Crippen LogP contribution in [0.25, 0.3) is 0 Å². The molecule has 1 radical (unpaired) electrons. The minimum Gasteiger partial charge on any atom is -0.479 e. The number of aliphatic hydroxyl groups is 2. The number of carboxylic acid groups (broad SMARTS) is 2. The Hall–Kier alpha value is -0.220. The van der Waals surface area contributed by atoms with Crippen molar-refractivity contribution < 1.29 is 41.0 Å². The molecule has 75 valence electrons. The smallest absolute Gasteiger partial charge is 0.335 e. The van der Waals surface area contributed by atoms with Gasteiger partial charge in [-0.15, -0.1) is 0 Å². The van der Waals surface area contributed by atoms with Crippen molar-refractivity contribution in [3.05, 3.63) is 0 Å². The van der Waals surface area contributed by atoms with Gasteiger partial charge >= 0.3 is 11.9 Å². The van der Waals surface area contributed by atoms with Gasteiger partial charge in [-0.25, -0.2) is 9.59 Å². The number of hydrogen-bond acceptors (Lipinski definition) is 4. The Morgan fingerprint density at radius 2 is 1.00 bits per heavy atom. The van der Waals surface area contributed by atoms with E-state index >= 15 is 0 Å². The summed E-state index contributed by atoms with van der Waals surface area (Å²) in [5.41, 5.74) is 0. The Kier molecular flexibility index (Phi) is 17.5. The molecule has 0 saturated heterocycles. The minimum atomic E-state index is -2.27. The molecule has 8 N–H and O–H groups in total. The van der Waals surface area contributed by atoms with Gasteiger partial charge in [0.05, 0.1) is 0 Å². The van der Waals surface area contributed by atoms with E-state index in [0.29, 0.717) is 0 Å². The van der Waals surface area contributed by atoms with Crippen LogP contribution in [0.4, 0.5) is 0 Å². The Morgan fingerprint density at radius 1 is 0.846 bits per heavy atom. The van der Waals surface area contributed by atoms with E-state index < -0.39 is 24.1 Å². The second-order valence-corrected chi connectivity index (χ2v) is 1.57. The van der Waals surface area contributed by atoms with Crippen LogP contribution in [0.1, 0.15) is 0 Å². The molecule has 0 heterocycles. The zero-order chi connectivity index (χ0) is 8.31. The van der Waals surface area contributed by atoms with E-state index in [1.54, 1.807) is 0 Å². The zero-order valence-electron chi connectivity index (χ0n) is 6.76. The standard InChI is InChI=1S/C4H6O6.Na.2H2O/c5-1(3(7)8)2(6)4(9)10;;;/h1-2,5-6H,(H,7,8)(H,9,10);;2*1H2. The van der Waals surface area contributed by atoms with Gasteiger partial charge in [-0.2, -0.15) is 0 Å². The van der Waals surface area contributed by atoms with E-state index in [9.17, 15) is 9.59 Å². The molecule has 0 aromatic carbocycles. The summed E-state index contributed by atoms with van der Waals surface area (Å²) >= 11 is 0. The van der Waals surface area contributed by atoms with Crippen molar-refractivity contribution in [2.75, 3.05) is 0 Å². The van der Waals surface area contributed by atoms with Crippen LogP contribution in [0, 0.1) is 0 Å². The molecule has 0 rings (SSSR count). The van der Waals surface area contributed by atoms with Crippen LogP contribution < -0.4 is 0 Å². The van der Waals surface area contributed by atoms with Crippen LogP contribution in [-0.4, -0.2) is 85.1 Å². The van der Waals surface area contributed by atoms with Crippen molar-refractivity contribution >= 4 is 41.5 Å². The van der Waals surface area contributed by atoms with E-state index in [0.717, 1.165) is 0 Å². The Balaban J connectivity index is -0.000000135. The van der Waals surface area contributed by atoms with Crippen LogP contribution in [-0.2, 0) is 9.59 Å². The third kappa shape index (κ3) is 8.12. The summed E-state index contributed by atoms with van der Waals surface area (Å²) in [6.07, 6.45) is -4.53. The van der Waals surface area contributed by atoms with Crippen molar-refractivity contribution in [3.63, 3.8) is 0 Å². The Bertz CT molecular complexity index is 140. The quantitative estimate of drug-likeness (QED) is 0.342. The molecular weight excluding hydrogens is 199 g/mol. The molecule has 0 aliphatic rings. The summed E-state index contributed by atoms with van der Waals surface area (Å²) in [5.74, 6) is -3.54. The molecule has 9 heteroatoms. The summed E-state index contributed by atoms with van der Waals surface area (Å²) in [7, 11) is 0. The summed E-state index contributed by atoms with van der Waals surface area (Å²) < 4.78 is 0. The first-order chi connectivity index (χ1) is 4.46. The summed E-state index contributed by atoms with van der Waals surface area (Å²) in [6, 6.07) is 0. The maximum atomic E-state index is 9.77. The van der Waals surface area contributed by atoms with Gasteiger partial charge in [0.25, 0.3) is 0 Å². The van der Waals surface area contributed by atoms with E-state index in [-0.39, 0.29) is 40.5 Å². The topological polar surface area (TPSA) is 178 Å². The first kappa shape index (κ1) is 23.0. The van der Waals surface area contributed by atoms with Crippen molar-refractivity contribution in [2.24, 2.45) is 0 Å². The van der Waals surface area contributed by atoms with Gasteiger partial charge in [0, 0.05) is 29.6 Å². The second kappa shape index (κ2) is 9.86. The number of aliphatic carboxylic acids is 2. The number of rotatable bonds is 3. The molecule has 13 heavy (non-hydrogen) atoms. The van der Waals surface area contributed by atoms with Gasteiger partial charge in [0.2, 0.25) is 0 Å². The van der Waals surface area contributed by atoms with E-state index in [1.807, 2.05) is 0 Å². The van der Waals surface area contributed by atoms with E-state index in [2.05, 4.69) is 0 Å². The average molecular weight is 209 g/mol. The van der Waals surface area contributed by atoms with Crippen LogP contribution in [0.2, 0.25) is 0 Å². The molecule has 0 aliphatic heterocycles. The molecule has 0 aromatic rings. The minimum absolute atomic E-state index is 0. The summed E-state index contributed by atoms with van der Waals surface area (Å²) in [4.78, 5) is 19.5. The first-order valence-electron chi connectivity index (χ1n) is 2.28. The largest absolute Gasteiger partial charge is 0.479 e. The second-order valence-electron chi connectivity index (χ2n) is 1.57. The molecular formula is C4H10NaO8. The number of carbonyl (C=O) groups is 2. The van der Waals surface area contributed by atoms with Gasteiger partial charge in [-0.1, -0.05) is 0 Å². The molecule has 2 unspecified atom stereocenters. The molecule has 0 fully saturated rings. The van der Waals surface area contributed by atoms with Crippen LogP contribution in [0.5, 0.6) is 0 Å². The number of hydrogen-bond donors (Lipinski definition) is 4. The zero-order valence-corrected chi connectivity index (χ0v) is 8.76. The van der Waals surface area contributed by atoms with Crippen molar-refractivity contribution in [1.82, 2.24) is 0 Å². The summed E-state index contributed by atoms with van der Waals surface area (Å²) in [5, 5.41) is 32.5. The van der Waals surface area contributed by atoms with Crippen LogP contribution >= 0.6 is 0 Å². The van der Waals surface area contributed by atoms with Crippen LogP contribution in [0.3, 0.4) is 0 Å². The van der Waals surface area contributed by atoms with E-state index in [4.69, 9.17) is 20.4 Å². The molecule has 0 amide bonds. The van der Waals surface area contributed by atoms with Crippen LogP contribution in [0.15, 0.2) is 0 Å². The SMILES string of the molecule is O.O.O=C(O)C(O)C(O)C(=O)O.[Na]. The fraction of sp³-hybridized carbons (Fsp3) is 0.500. The third-order valence-corrected chi connectivity index (χ3v) is 0.805. The van der Waals surface area contributed by atoms with Gasteiger partial charge in [0.15, 0.2) is 12.2 Å². The van der Waals surface area contributed by atoms with Gasteiger partial charge in [-0.3, -0.25) is 0 Å². The normalized spacial score (nSPS) is 12.2. The number of carboxylic acids is 2. The molecule has 0 saturated carbocycles. The third-order valence-electron chi connectivity index (χ3n) is 0.805. The molecule has 0 bridgehead atoms. The van der Waals surface area contributed by atoms with Gasteiger partial charge < -0.3 is 31.4 Å². The van der Waals surface area contributed by atoms with Crippen molar-refractivity contribution in [3.8, 4) is 0 Å². The molecule has 2 atom stereocenters. The molecule has 8 nitrogen and oxygen atoms in total. The average Bonchev–Trinajstić information content (AvgIpc) is 1.84. The maximum absolute atomic E-state index is 9.77. The van der Waals surface area contributed by atoms with Crippen molar-refractivity contribution in [1.29, 1.82) is 0 Å². The number of aliphatic hydroxyl groups excluding tert-OH is 2. The Labute approximate surface area is 94.7 Å². The molecule has 0 spiro atoms. The predicted octanol–water partition coefficient (Wildman–Crippen LogP) is -4.15. The van der Waals surface area contributed by atoms with Gasteiger partial charge in [-0.05, 0) is 0 Å². The fourth-order valence-corrected chi connectivity index (χ4v) is 0.270. The maximum Gasteiger partial charge on any atom is 0.335 e. The summed E-state index contributed by atoms with van der Waals surface area (Å²) in [6.45, 7) is 0. The van der Waals surface area contributed by atoms with Crippen molar-refractivity contribution in [2.45, 2.75) is 12.2 Å². The Morgan fingerprint density at radius 3 is 1.08 bits per heavy atom. The first-order valence-corrected chi connectivity index (χ1v) is 2.28. The molecule has 0 aromatic heterocycles. The molecule has 0 aliphatic carbocycles. The predicted molar refractivity (Wildman–Crippen MR) is 40.3 cm³/mol.